The van der Waals surface area contributed by atoms with Gasteiger partial charge in [0.1, 0.15) is 0 Å². The van der Waals surface area contributed by atoms with Gasteiger partial charge in [0.05, 0.1) is 0 Å². The maximum Gasteiger partial charge on any atom is 0.163 e. The first-order chi connectivity index (χ1) is 7.34. The van der Waals surface area contributed by atoms with Gasteiger partial charge in [-0.15, -0.1) is 0 Å². The van der Waals surface area contributed by atoms with Gasteiger partial charge in [-0.3, -0.25) is 4.79 Å². The molecular formula is C14H16O. The maximum atomic E-state index is 12.3. The zero-order valence-corrected chi connectivity index (χ0v) is 8.86. The van der Waals surface area contributed by atoms with Gasteiger partial charge >= 0.3 is 0 Å². The molecule has 2 saturated carbocycles. The van der Waals surface area contributed by atoms with E-state index in [0.717, 1.165) is 0 Å². The Hall–Kier alpha value is -0.850. The number of ketones is 1. The van der Waals surface area contributed by atoms with Crippen molar-refractivity contribution in [3.63, 3.8) is 0 Å². The predicted octanol–water partition coefficient (Wildman–Crippen LogP) is 2.73. The highest BCUT2D eigenvalue weighted by Crippen LogP contribution is 2.53. The smallest absolute Gasteiger partial charge is 0.163 e. The largest absolute Gasteiger partial charge is 0.294 e. The summed E-state index contributed by atoms with van der Waals surface area (Å²) in [6, 6.07) is 0. The Morgan fingerprint density at radius 3 is 2.33 bits per heavy atom. The summed E-state index contributed by atoms with van der Waals surface area (Å²) < 4.78 is 0. The van der Waals surface area contributed by atoms with Crippen LogP contribution < -0.4 is 0 Å². The summed E-state index contributed by atoms with van der Waals surface area (Å²) in [7, 11) is 0. The fourth-order valence-corrected chi connectivity index (χ4v) is 3.84. The van der Waals surface area contributed by atoms with Crippen molar-refractivity contribution >= 4 is 5.78 Å². The van der Waals surface area contributed by atoms with Crippen molar-refractivity contribution < 1.29 is 4.79 Å². The molecule has 0 heterocycles. The van der Waals surface area contributed by atoms with Gasteiger partial charge in [-0.25, -0.2) is 0 Å². The second-order valence-corrected chi connectivity index (χ2v) is 5.65. The molecule has 0 N–H and O–H groups in total. The van der Waals surface area contributed by atoms with Gasteiger partial charge in [-0.2, -0.15) is 0 Å². The molecule has 78 valence electrons. The Balaban J connectivity index is 1.75. The minimum atomic E-state index is 0.351. The van der Waals surface area contributed by atoms with Gasteiger partial charge < -0.3 is 0 Å². The number of rotatable bonds is 1. The molecule has 4 atom stereocenters. The molecule has 0 saturated heterocycles. The van der Waals surface area contributed by atoms with Crippen molar-refractivity contribution in [1.82, 2.24) is 0 Å². The van der Waals surface area contributed by atoms with Crippen LogP contribution in [0.1, 0.15) is 25.7 Å². The zero-order valence-electron chi connectivity index (χ0n) is 8.86. The van der Waals surface area contributed by atoms with Gasteiger partial charge in [0.2, 0.25) is 0 Å². The van der Waals surface area contributed by atoms with Gasteiger partial charge in [0.15, 0.2) is 5.78 Å². The number of Topliss-reactive ketones (excluding diaryl/α,β-unsaturated/α-hetero) is 1. The molecule has 0 aromatic carbocycles. The monoisotopic (exact) mass is 200 g/mol. The van der Waals surface area contributed by atoms with Gasteiger partial charge in [-0.1, -0.05) is 18.2 Å². The lowest BCUT2D eigenvalue weighted by Gasteiger charge is -2.40. The van der Waals surface area contributed by atoms with Crippen LogP contribution in [-0.4, -0.2) is 5.78 Å². The van der Waals surface area contributed by atoms with E-state index >= 15 is 0 Å². The number of fused-ring (bicyclic) bond motifs is 1. The van der Waals surface area contributed by atoms with Gasteiger partial charge in [-0.05, 0) is 54.9 Å². The van der Waals surface area contributed by atoms with Crippen LogP contribution in [0.3, 0.4) is 0 Å². The Morgan fingerprint density at radius 1 is 1.00 bits per heavy atom. The summed E-state index contributed by atoms with van der Waals surface area (Å²) in [6.45, 7) is 0. The molecule has 1 heteroatoms. The SMILES string of the molecule is O=C1C(C2CC2)=C[C@@H]2[C@H]1[C@H]1C=C[C@@H]2CC1. The normalized spacial score (nSPS) is 46.9. The third kappa shape index (κ3) is 1.01. The molecule has 0 unspecified atom stereocenters. The first kappa shape index (κ1) is 8.32. The number of carbonyl (C=O) groups is 1. The van der Waals surface area contributed by atoms with E-state index < -0.39 is 0 Å². The van der Waals surface area contributed by atoms with Crippen LogP contribution in [0.5, 0.6) is 0 Å². The Bertz CT molecular complexity index is 386. The topological polar surface area (TPSA) is 17.1 Å². The van der Waals surface area contributed by atoms with Crippen LogP contribution in [-0.2, 0) is 4.79 Å². The lowest BCUT2D eigenvalue weighted by atomic mass is 9.63. The minimum absolute atomic E-state index is 0.351. The summed E-state index contributed by atoms with van der Waals surface area (Å²) in [5.74, 6) is 3.35. The van der Waals surface area contributed by atoms with Crippen LogP contribution in [0.4, 0.5) is 0 Å². The third-order valence-corrected chi connectivity index (χ3v) is 4.79. The standard InChI is InChI=1S/C14H16O/c15-14-12(9-1-2-9)7-11-8-3-5-10(6-4-8)13(11)14/h3,5,7-11,13H,1-2,4,6H2/t8-,10+,11+,13-/m1/s1. The molecule has 5 rings (SSSR count). The molecule has 5 aliphatic carbocycles. The lowest BCUT2D eigenvalue weighted by Crippen LogP contribution is -2.37. The number of allylic oxidation sites excluding steroid dienone is 4. The molecular weight excluding hydrogens is 184 g/mol. The zero-order chi connectivity index (χ0) is 9.99. The molecule has 0 aromatic rings. The average Bonchev–Trinajstić information content (AvgIpc) is 3.05. The lowest BCUT2D eigenvalue weighted by molar-refractivity contribution is -0.122. The molecule has 1 nitrogen and oxygen atoms in total. The van der Waals surface area contributed by atoms with Crippen molar-refractivity contribution in [1.29, 1.82) is 0 Å². The Labute approximate surface area is 90.2 Å². The number of hydrogen-bond donors (Lipinski definition) is 0. The summed E-state index contributed by atoms with van der Waals surface area (Å²) >= 11 is 0. The molecule has 15 heavy (non-hydrogen) atoms. The Kier molecular flexibility index (Phi) is 1.46. The number of hydrogen-bond acceptors (Lipinski definition) is 1. The van der Waals surface area contributed by atoms with E-state index in [1.165, 1.54) is 31.3 Å². The van der Waals surface area contributed by atoms with E-state index in [1.807, 2.05) is 0 Å². The van der Waals surface area contributed by atoms with Crippen LogP contribution in [0.25, 0.3) is 0 Å². The predicted molar refractivity (Wildman–Crippen MR) is 58.1 cm³/mol. The van der Waals surface area contributed by atoms with Crippen molar-refractivity contribution in [2.45, 2.75) is 25.7 Å². The van der Waals surface area contributed by atoms with E-state index in [1.54, 1.807) is 0 Å². The molecule has 5 aliphatic rings. The highest BCUT2D eigenvalue weighted by Gasteiger charge is 2.50. The molecule has 0 aliphatic heterocycles. The minimum Gasteiger partial charge on any atom is -0.294 e. The van der Waals surface area contributed by atoms with E-state index in [9.17, 15) is 4.79 Å². The second-order valence-electron chi connectivity index (χ2n) is 5.65. The fraction of sp³-hybridized carbons (Fsp3) is 0.643. The molecule has 0 radical (unpaired) electrons. The molecule has 0 amide bonds. The summed E-state index contributed by atoms with van der Waals surface area (Å²) in [4.78, 5) is 12.3. The maximum absolute atomic E-state index is 12.3. The van der Waals surface area contributed by atoms with E-state index in [0.29, 0.717) is 35.4 Å². The van der Waals surface area contributed by atoms with Crippen LogP contribution in [0.15, 0.2) is 23.8 Å². The van der Waals surface area contributed by atoms with Crippen LogP contribution in [0.2, 0.25) is 0 Å². The number of carbonyl (C=O) groups excluding carboxylic acids is 1. The van der Waals surface area contributed by atoms with Crippen LogP contribution in [0, 0.1) is 29.6 Å². The molecule has 2 bridgehead atoms. The molecule has 2 fully saturated rings. The first-order valence-electron chi connectivity index (χ1n) is 6.29. The first-order valence-corrected chi connectivity index (χ1v) is 6.29. The van der Waals surface area contributed by atoms with Crippen molar-refractivity contribution in [2.24, 2.45) is 29.6 Å². The molecule has 0 aromatic heterocycles. The highest BCUT2D eigenvalue weighted by atomic mass is 16.1. The van der Waals surface area contributed by atoms with Crippen molar-refractivity contribution in [3.8, 4) is 0 Å². The Morgan fingerprint density at radius 2 is 1.73 bits per heavy atom. The summed E-state index contributed by atoms with van der Waals surface area (Å²) in [5, 5.41) is 0. The summed E-state index contributed by atoms with van der Waals surface area (Å²) in [6.07, 6.45) is 12.1. The van der Waals surface area contributed by atoms with E-state index in [2.05, 4.69) is 18.2 Å². The third-order valence-electron chi connectivity index (χ3n) is 4.79. The van der Waals surface area contributed by atoms with E-state index in [-0.39, 0.29) is 0 Å². The van der Waals surface area contributed by atoms with Crippen LogP contribution >= 0.6 is 0 Å². The van der Waals surface area contributed by atoms with E-state index in [4.69, 9.17) is 0 Å². The van der Waals surface area contributed by atoms with Crippen molar-refractivity contribution in [2.75, 3.05) is 0 Å². The molecule has 0 spiro atoms. The second kappa shape index (κ2) is 2.63. The quantitative estimate of drug-likeness (QED) is 0.595. The summed E-state index contributed by atoms with van der Waals surface area (Å²) in [5.41, 5.74) is 1.21. The van der Waals surface area contributed by atoms with Crippen molar-refractivity contribution in [3.05, 3.63) is 23.8 Å². The fourth-order valence-electron chi connectivity index (χ4n) is 3.84. The average molecular weight is 200 g/mol. The van der Waals surface area contributed by atoms with Gasteiger partial charge in [0.25, 0.3) is 0 Å². The van der Waals surface area contributed by atoms with Gasteiger partial charge in [0, 0.05) is 5.92 Å². The highest BCUT2D eigenvalue weighted by molar-refractivity contribution is 6.01.